The Kier molecular flexibility index (Phi) is 26.5. The van der Waals surface area contributed by atoms with Crippen LogP contribution < -0.4 is 121 Å². The van der Waals surface area contributed by atoms with E-state index < -0.39 is 5.24 Å². The second-order valence-corrected chi connectivity index (χ2v) is 19.6. The number of hydrogen-bond acceptors (Lipinski definition) is 8. The Bertz CT molecular complexity index is 1250. The molecule has 0 aromatic carbocycles. The molecule has 15 heteroatoms. The summed E-state index contributed by atoms with van der Waals surface area (Å²) >= 11 is 15.2. The summed E-state index contributed by atoms with van der Waals surface area (Å²) in [6, 6.07) is 0. The van der Waals surface area contributed by atoms with E-state index in [1.54, 1.807) is 0 Å². The summed E-state index contributed by atoms with van der Waals surface area (Å²) in [6.07, 6.45) is 26.5. The quantitative estimate of drug-likeness (QED) is 0.0623. The van der Waals surface area contributed by atoms with E-state index in [1.165, 1.54) is 116 Å². The molecule has 0 heterocycles. The fourth-order valence-electron chi connectivity index (χ4n) is 14.2. The number of nitrogens with two attached hydrogens (primary N) is 1. The summed E-state index contributed by atoms with van der Waals surface area (Å²) in [5.41, 5.74) is 7.34. The van der Waals surface area contributed by atoms with Gasteiger partial charge in [-0.05, 0) is 191 Å². The van der Waals surface area contributed by atoms with Crippen molar-refractivity contribution >= 4 is 58.1 Å². The van der Waals surface area contributed by atoms with Gasteiger partial charge in [0.1, 0.15) is 5.78 Å². The first-order valence-electron chi connectivity index (χ1n) is 19.7. The van der Waals surface area contributed by atoms with Crippen molar-refractivity contribution in [3.8, 4) is 0 Å². The van der Waals surface area contributed by atoms with Gasteiger partial charge in [0.25, 0.3) is 13.0 Å². The van der Waals surface area contributed by atoms with Crippen molar-refractivity contribution in [2.24, 2.45) is 69.8 Å². The molecule has 0 atom stereocenters. The van der Waals surface area contributed by atoms with Gasteiger partial charge in [0.2, 0.25) is 11.0 Å². The molecule has 12 rings (SSSR count). The third-order valence-electron chi connectivity index (χ3n) is 14.1. The zero-order valence-electron chi connectivity index (χ0n) is 35.1. The van der Waals surface area contributed by atoms with Gasteiger partial charge in [-0.2, -0.15) is 0 Å². The van der Waals surface area contributed by atoms with E-state index in [-0.39, 0.29) is 148 Å². The monoisotopic (exact) mass is 879 g/mol. The first kappa shape index (κ1) is 55.9. The maximum absolute atomic E-state index is 11.7. The van der Waals surface area contributed by atoms with E-state index >= 15 is 0 Å². The predicted molar refractivity (Wildman–Crippen MR) is 203 cm³/mol. The van der Waals surface area contributed by atoms with Gasteiger partial charge in [0, 0.05) is 18.4 Å². The molecule has 0 amide bonds. The van der Waals surface area contributed by atoms with Crippen LogP contribution in [0.1, 0.15) is 130 Å². The number of ketones is 2. The van der Waals surface area contributed by atoms with Crippen LogP contribution in [-0.4, -0.2) is 47.1 Å². The van der Waals surface area contributed by atoms with Crippen LogP contribution in [0.4, 0.5) is 0 Å². The standard InChI is InChI=1S/C14H19NO.C13H19ClO.C10H17N.C2H2Cl2O.CN.CH2O3.K.2Na.H/c1-15-9-13(16)8-14-5-10-2-11(6-14)4-12(3-10)7-14;14-8-12(15)7-13-4-9-1-10(5-13)3-11(2-9)6-13;11-10-4-7-1-8(5-10)3-9(2-7)6-10;3-1-2(4)5;1-2;2-1-4-3;;;;/h10-12H,2-9H2;9-11H,1-8H2;7-9H,1-6,11H2;1H2;;1,3H;;;;/q;;;;-1;;3*+1;-1/p-1. The zero-order valence-corrected chi connectivity index (χ0v) is 43.5. The molecule has 0 saturated heterocycles. The normalized spacial score (nSPS) is 38.2. The van der Waals surface area contributed by atoms with Gasteiger partial charge < -0.3 is 34.0 Å². The van der Waals surface area contributed by atoms with Gasteiger partial charge in [0.05, 0.1) is 11.8 Å². The van der Waals surface area contributed by atoms with Gasteiger partial charge in [-0.15, -0.1) is 23.2 Å². The predicted octanol–water partition coefficient (Wildman–Crippen LogP) is -0.958. The molecule has 12 bridgehead atoms. The molecule has 12 aliphatic rings. The Hall–Kier alpha value is 1.89. The first-order valence-corrected chi connectivity index (χ1v) is 21.2. The summed E-state index contributed by atoms with van der Waals surface area (Å²) in [4.78, 5) is 47.2. The molecule has 12 saturated carbocycles. The Morgan fingerprint density at radius 2 is 0.929 bits per heavy atom. The number of alkyl halides is 2. The molecule has 298 valence electrons. The Morgan fingerprint density at radius 1 is 0.679 bits per heavy atom. The zero-order chi connectivity index (χ0) is 38.8. The topological polar surface area (TPSA) is 155 Å². The van der Waals surface area contributed by atoms with E-state index in [1.807, 2.05) is 0 Å². The average Bonchev–Trinajstić information content (AvgIpc) is 3.07. The van der Waals surface area contributed by atoms with Crippen LogP contribution in [0.3, 0.4) is 0 Å². The minimum Gasteiger partial charge on any atom is -1.00 e. The number of hydrogen-bond donors (Lipinski definition) is 1. The van der Waals surface area contributed by atoms with E-state index in [4.69, 9.17) is 69.0 Å². The number of nitrogens with zero attached hydrogens (tertiary/aromatic N) is 2. The van der Waals surface area contributed by atoms with Crippen LogP contribution in [0, 0.1) is 82.5 Å². The van der Waals surface area contributed by atoms with E-state index in [0.717, 1.165) is 59.7 Å². The summed E-state index contributed by atoms with van der Waals surface area (Å²) in [7, 11) is 0. The smallest absolute Gasteiger partial charge is 1.00 e. The molecule has 0 spiro atoms. The van der Waals surface area contributed by atoms with E-state index in [0.29, 0.717) is 22.8 Å². The number of carbonyl (C=O) groups is 4. The Morgan fingerprint density at radius 3 is 1.12 bits per heavy atom. The summed E-state index contributed by atoms with van der Waals surface area (Å²) in [5, 5.41) is 14.2. The van der Waals surface area contributed by atoms with Crippen molar-refractivity contribution in [2.75, 3.05) is 18.3 Å². The first-order chi connectivity index (χ1) is 25.3. The van der Waals surface area contributed by atoms with Crippen molar-refractivity contribution in [3.05, 3.63) is 18.0 Å². The second kappa shape index (κ2) is 26.5. The summed E-state index contributed by atoms with van der Waals surface area (Å²) in [6.45, 7) is 11.5. The summed E-state index contributed by atoms with van der Waals surface area (Å²) in [5.74, 6) is 9.21. The van der Waals surface area contributed by atoms with Gasteiger partial charge in [-0.3, -0.25) is 19.2 Å². The molecule has 0 aromatic heterocycles. The number of halogens is 3. The molecule has 2 N–H and O–H groups in total. The number of rotatable bonds is 8. The molecular weight excluding hydrogens is 822 g/mol. The van der Waals surface area contributed by atoms with Gasteiger partial charge in [0.15, 0.2) is 0 Å². The maximum Gasteiger partial charge on any atom is 1.00 e. The maximum atomic E-state index is 11.7. The van der Waals surface area contributed by atoms with Crippen molar-refractivity contribution < 1.29 is 141 Å². The Labute approximate surface area is 438 Å². The number of carbonyl (C=O) groups excluding carboxylic acids is 4. The molecule has 12 fully saturated rings. The molecule has 0 aromatic rings. The van der Waals surface area contributed by atoms with Crippen LogP contribution in [0.2, 0.25) is 0 Å². The van der Waals surface area contributed by atoms with Gasteiger partial charge in [-0.1, -0.05) is 0 Å². The van der Waals surface area contributed by atoms with Crippen molar-refractivity contribution in [1.82, 2.24) is 0 Å². The third kappa shape index (κ3) is 16.5. The average molecular weight is 881 g/mol. The van der Waals surface area contributed by atoms with Crippen LogP contribution in [-0.2, 0) is 24.1 Å². The second-order valence-electron chi connectivity index (χ2n) is 18.7. The number of Topliss-reactive ketones (excluding diaryl/α,β-unsaturated/α-hetero) is 2. The van der Waals surface area contributed by atoms with E-state index in [9.17, 15) is 14.4 Å². The van der Waals surface area contributed by atoms with Crippen molar-refractivity contribution in [2.45, 2.75) is 134 Å². The minimum atomic E-state index is -0.508. The molecule has 0 radical (unpaired) electrons. The fraction of sp³-hybridized carbons (Fsp3) is 0.854. The summed E-state index contributed by atoms with van der Waals surface area (Å²) < 4.78 is 0. The van der Waals surface area contributed by atoms with Crippen LogP contribution in [0.5, 0.6) is 0 Å². The van der Waals surface area contributed by atoms with Crippen molar-refractivity contribution in [1.29, 1.82) is 5.26 Å². The van der Waals surface area contributed by atoms with E-state index in [2.05, 4.69) is 9.73 Å². The van der Waals surface area contributed by atoms with Crippen molar-refractivity contribution in [3.63, 3.8) is 0 Å². The molecule has 0 unspecified atom stereocenters. The van der Waals surface area contributed by atoms with Crippen LogP contribution in [0.15, 0.2) is 0 Å². The van der Waals surface area contributed by atoms with Crippen LogP contribution in [0.25, 0.3) is 4.85 Å². The van der Waals surface area contributed by atoms with Crippen LogP contribution >= 0.6 is 34.8 Å². The molecule has 56 heavy (non-hydrogen) atoms. The third-order valence-corrected chi connectivity index (χ3v) is 14.9. The molecule has 0 aliphatic heterocycles. The molecular formula is C41H59Cl3KN3Na2O6. The van der Waals surface area contributed by atoms with Gasteiger partial charge in [-0.25, -0.2) is 6.57 Å². The molecule has 9 nitrogen and oxygen atoms in total. The minimum absolute atomic E-state index is 0. The fourth-order valence-corrected chi connectivity index (χ4v) is 14.3. The largest absolute Gasteiger partial charge is 1.00 e. The molecule has 12 aliphatic carbocycles. The van der Waals surface area contributed by atoms with Gasteiger partial charge >= 0.3 is 110 Å². The SMILES string of the molecule is NC12CC3CC(CC(C3)C1)C2.O=C(CCl)CC12CC3CC(CC(C3)C1)C2.O=C(Cl)CCl.O=CO[O-].[C-]#N.[C-]#[N+]CC(=O)CC12CC3CC(CC(C3)C1)C2.[H-].[K+].[Na+].[Na+]. The Balaban J connectivity index is 0.000000716.